The van der Waals surface area contributed by atoms with Crippen LogP contribution in [0.1, 0.15) is 19.5 Å². The molecule has 0 bridgehead atoms. The van der Waals surface area contributed by atoms with Crippen molar-refractivity contribution in [1.82, 2.24) is 35.0 Å². The van der Waals surface area contributed by atoms with Gasteiger partial charge in [-0.25, -0.2) is 4.52 Å². The summed E-state index contributed by atoms with van der Waals surface area (Å²) < 4.78 is 1.88. The van der Waals surface area contributed by atoms with E-state index in [4.69, 9.17) is 10.1 Å². The molecule has 2 N–H and O–H groups in total. The van der Waals surface area contributed by atoms with Gasteiger partial charge in [-0.1, -0.05) is 6.07 Å². The van der Waals surface area contributed by atoms with E-state index < -0.39 is 0 Å². The van der Waals surface area contributed by atoms with Gasteiger partial charge in [0, 0.05) is 36.7 Å². The quantitative estimate of drug-likeness (QED) is 0.529. The van der Waals surface area contributed by atoms with Gasteiger partial charge < -0.3 is 10.2 Å². The standard InChI is InChI=1S/C21H24N8O/c1-14(2)28(16-7-6-15-11-23-25-18(15)10-16)21-24-19-5-3-4-17(29(19)26-21)12-27-9-8-22-20(30)13-27/h3-7,10-11,14H,8-9,12-13H2,1-2H3,(H,22,30)(H,23,25). The lowest BCUT2D eigenvalue weighted by Crippen LogP contribution is -2.47. The van der Waals surface area contributed by atoms with Crippen molar-refractivity contribution in [1.29, 1.82) is 0 Å². The summed E-state index contributed by atoms with van der Waals surface area (Å²) in [6.45, 7) is 6.79. The number of piperazine rings is 1. The van der Waals surface area contributed by atoms with E-state index in [-0.39, 0.29) is 11.9 Å². The van der Waals surface area contributed by atoms with E-state index in [9.17, 15) is 4.79 Å². The Bertz CT molecular complexity index is 1210. The molecule has 1 aliphatic rings. The van der Waals surface area contributed by atoms with Crippen LogP contribution in [0.4, 0.5) is 11.6 Å². The third-order valence-electron chi connectivity index (χ3n) is 5.37. The first-order chi connectivity index (χ1) is 14.6. The number of hydrogen-bond acceptors (Lipinski definition) is 6. The van der Waals surface area contributed by atoms with Crippen LogP contribution in [0.2, 0.25) is 0 Å². The zero-order chi connectivity index (χ0) is 20.7. The van der Waals surface area contributed by atoms with Crippen molar-refractivity contribution in [2.45, 2.75) is 26.4 Å². The minimum atomic E-state index is 0.0629. The van der Waals surface area contributed by atoms with Gasteiger partial charge in [0.05, 0.1) is 24.0 Å². The second-order valence-electron chi connectivity index (χ2n) is 7.86. The number of amides is 1. The summed E-state index contributed by atoms with van der Waals surface area (Å²) in [5.41, 5.74) is 3.78. The van der Waals surface area contributed by atoms with Crippen LogP contribution in [-0.2, 0) is 11.3 Å². The molecular weight excluding hydrogens is 380 g/mol. The number of aromatic amines is 1. The first kappa shape index (κ1) is 18.6. The van der Waals surface area contributed by atoms with Crippen molar-refractivity contribution in [3.63, 3.8) is 0 Å². The fourth-order valence-corrected chi connectivity index (χ4v) is 3.94. The highest BCUT2D eigenvalue weighted by Crippen LogP contribution is 2.28. The first-order valence-electron chi connectivity index (χ1n) is 10.1. The lowest BCUT2D eigenvalue weighted by atomic mass is 10.2. The fourth-order valence-electron chi connectivity index (χ4n) is 3.94. The Morgan fingerprint density at radius 1 is 1.23 bits per heavy atom. The molecule has 0 saturated carbocycles. The molecule has 30 heavy (non-hydrogen) atoms. The predicted molar refractivity (Wildman–Crippen MR) is 115 cm³/mol. The van der Waals surface area contributed by atoms with Gasteiger partial charge in [0.1, 0.15) is 0 Å². The molecule has 3 aromatic heterocycles. The van der Waals surface area contributed by atoms with Gasteiger partial charge >= 0.3 is 0 Å². The van der Waals surface area contributed by atoms with Crippen LogP contribution >= 0.6 is 0 Å². The van der Waals surface area contributed by atoms with Crippen LogP contribution in [0, 0.1) is 0 Å². The molecule has 4 heterocycles. The number of hydrogen-bond donors (Lipinski definition) is 2. The fraction of sp³-hybridized carbons (Fsp3) is 0.333. The molecule has 1 aliphatic heterocycles. The molecule has 9 nitrogen and oxygen atoms in total. The van der Waals surface area contributed by atoms with E-state index in [0.717, 1.165) is 34.5 Å². The van der Waals surface area contributed by atoms with Crippen molar-refractivity contribution < 1.29 is 4.79 Å². The summed E-state index contributed by atoms with van der Waals surface area (Å²) in [5.74, 6) is 0.709. The van der Waals surface area contributed by atoms with E-state index in [2.05, 4.69) is 51.3 Å². The minimum absolute atomic E-state index is 0.0629. The summed E-state index contributed by atoms with van der Waals surface area (Å²) >= 11 is 0. The van der Waals surface area contributed by atoms with Crippen molar-refractivity contribution in [3.8, 4) is 0 Å². The smallest absolute Gasteiger partial charge is 0.250 e. The highest BCUT2D eigenvalue weighted by molar-refractivity contribution is 5.83. The zero-order valence-corrected chi connectivity index (χ0v) is 17.0. The lowest BCUT2D eigenvalue weighted by Gasteiger charge is -2.26. The highest BCUT2D eigenvalue weighted by Gasteiger charge is 2.21. The predicted octanol–water partition coefficient (Wildman–Crippen LogP) is 2.08. The molecule has 1 fully saturated rings. The lowest BCUT2D eigenvalue weighted by molar-refractivity contribution is -0.124. The van der Waals surface area contributed by atoms with Crippen LogP contribution in [0.5, 0.6) is 0 Å². The Hall–Kier alpha value is -3.46. The van der Waals surface area contributed by atoms with Crippen LogP contribution < -0.4 is 10.2 Å². The molecule has 0 unspecified atom stereocenters. The Balaban J connectivity index is 1.51. The number of nitrogens with zero attached hydrogens (tertiary/aromatic N) is 6. The van der Waals surface area contributed by atoms with E-state index >= 15 is 0 Å². The Labute approximate surface area is 173 Å². The summed E-state index contributed by atoms with van der Waals surface area (Å²) in [5, 5.41) is 15.9. The maximum atomic E-state index is 11.7. The Morgan fingerprint density at radius 2 is 2.13 bits per heavy atom. The summed E-state index contributed by atoms with van der Waals surface area (Å²) in [6, 6.07) is 12.3. The van der Waals surface area contributed by atoms with Gasteiger partial charge in [-0.05, 0) is 44.2 Å². The molecule has 154 valence electrons. The Morgan fingerprint density at radius 3 is 2.97 bits per heavy atom. The second kappa shape index (κ2) is 7.42. The third-order valence-corrected chi connectivity index (χ3v) is 5.37. The molecule has 1 aromatic carbocycles. The van der Waals surface area contributed by atoms with Gasteiger partial charge in [0.25, 0.3) is 0 Å². The van der Waals surface area contributed by atoms with Crippen molar-refractivity contribution in [3.05, 3.63) is 48.3 Å². The summed E-state index contributed by atoms with van der Waals surface area (Å²) in [4.78, 5) is 20.8. The third kappa shape index (κ3) is 3.37. The summed E-state index contributed by atoms with van der Waals surface area (Å²) in [7, 11) is 0. The number of nitrogens with one attached hydrogen (secondary N) is 2. The summed E-state index contributed by atoms with van der Waals surface area (Å²) in [6.07, 6.45) is 1.81. The van der Waals surface area contributed by atoms with E-state index in [1.807, 2.05) is 35.0 Å². The molecule has 0 spiro atoms. The van der Waals surface area contributed by atoms with Crippen molar-refractivity contribution in [2.24, 2.45) is 0 Å². The molecular formula is C21H24N8O. The zero-order valence-electron chi connectivity index (χ0n) is 17.0. The molecule has 5 rings (SSSR count). The number of aromatic nitrogens is 5. The van der Waals surface area contributed by atoms with E-state index in [0.29, 0.717) is 25.6 Å². The number of fused-ring (bicyclic) bond motifs is 2. The minimum Gasteiger partial charge on any atom is -0.354 e. The number of rotatable bonds is 5. The van der Waals surface area contributed by atoms with Crippen LogP contribution in [0.25, 0.3) is 16.6 Å². The van der Waals surface area contributed by atoms with Gasteiger partial charge in [0.2, 0.25) is 11.9 Å². The van der Waals surface area contributed by atoms with Gasteiger partial charge in [-0.2, -0.15) is 10.1 Å². The first-order valence-corrected chi connectivity index (χ1v) is 10.1. The van der Waals surface area contributed by atoms with E-state index in [1.165, 1.54) is 0 Å². The number of H-pyrrole nitrogens is 1. The Kier molecular flexibility index (Phi) is 4.59. The maximum Gasteiger partial charge on any atom is 0.250 e. The van der Waals surface area contributed by atoms with Gasteiger partial charge in [-0.15, -0.1) is 5.10 Å². The van der Waals surface area contributed by atoms with Gasteiger partial charge in [0.15, 0.2) is 5.65 Å². The van der Waals surface area contributed by atoms with Crippen LogP contribution in [-0.4, -0.2) is 61.3 Å². The number of anilines is 2. The van der Waals surface area contributed by atoms with E-state index in [1.54, 1.807) is 0 Å². The molecule has 4 aromatic rings. The molecule has 1 saturated heterocycles. The number of pyridine rings is 1. The largest absolute Gasteiger partial charge is 0.354 e. The van der Waals surface area contributed by atoms with Crippen molar-refractivity contribution in [2.75, 3.05) is 24.5 Å². The average Bonchev–Trinajstić information content (AvgIpc) is 3.35. The highest BCUT2D eigenvalue weighted by atomic mass is 16.2. The maximum absolute atomic E-state index is 11.7. The molecule has 1 amide bonds. The SMILES string of the molecule is CC(C)N(c1ccc2cn[nH]c2c1)c1nc2cccc(CN3CCNC(=O)C3)n2n1. The number of carbonyl (C=O) groups is 1. The molecule has 0 atom stereocenters. The monoisotopic (exact) mass is 404 g/mol. The van der Waals surface area contributed by atoms with Crippen molar-refractivity contribution >= 4 is 34.1 Å². The van der Waals surface area contributed by atoms with Crippen LogP contribution in [0.3, 0.4) is 0 Å². The average molecular weight is 404 g/mol. The second-order valence-corrected chi connectivity index (χ2v) is 7.86. The van der Waals surface area contributed by atoms with Crippen LogP contribution in [0.15, 0.2) is 42.6 Å². The number of carbonyl (C=O) groups excluding carboxylic acids is 1. The number of benzene rings is 1. The normalized spacial score (nSPS) is 15.2. The molecule has 0 aliphatic carbocycles. The molecule has 0 radical (unpaired) electrons. The topological polar surface area (TPSA) is 94.5 Å². The molecule has 9 heteroatoms. The van der Waals surface area contributed by atoms with Gasteiger partial charge in [-0.3, -0.25) is 14.8 Å².